The molecule has 0 unspecified atom stereocenters. The summed E-state index contributed by atoms with van der Waals surface area (Å²) in [6.45, 7) is 9.98. The van der Waals surface area contributed by atoms with Crippen LogP contribution in [0.5, 0.6) is 5.75 Å². The van der Waals surface area contributed by atoms with Gasteiger partial charge in [0, 0.05) is 6.20 Å². The molecular formula is C11H13NO. The summed E-state index contributed by atoms with van der Waals surface area (Å²) in [5, 5.41) is 0. The SMILES string of the molecule is C=C(C)C(=C)COc1cccnc1. The Labute approximate surface area is 78.6 Å². The topological polar surface area (TPSA) is 22.1 Å². The van der Waals surface area contributed by atoms with Crippen molar-refractivity contribution in [3.8, 4) is 5.75 Å². The first kappa shape index (κ1) is 9.52. The Morgan fingerprint density at radius 3 is 2.85 bits per heavy atom. The van der Waals surface area contributed by atoms with E-state index < -0.39 is 0 Å². The molecule has 2 heteroatoms. The fourth-order valence-corrected chi connectivity index (χ4v) is 0.726. The molecule has 0 aromatic carbocycles. The standard InChI is InChI=1S/C11H13NO/c1-9(2)10(3)8-13-11-5-4-6-12-7-11/h4-7H,1,3,8H2,2H3. The molecule has 0 aliphatic carbocycles. The van der Waals surface area contributed by atoms with E-state index in [1.807, 2.05) is 19.1 Å². The maximum absolute atomic E-state index is 5.41. The summed E-state index contributed by atoms with van der Waals surface area (Å²) < 4.78 is 5.41. The van der Waals surface area contributed by atoms with Crippen molar-refractivity contribution in [2.45, 2.75) is 6.92 Å². The molecule has 0 saturated heterocycles. The summed E-state index contributed by atoms with van der Waals surface area (Å²) in [5.41, 5.74) is 1.85. The third-order valence-corrected chi connectivity index (χ3v) is 1.65. The van der Waals surface area contributed by atoms with Crippen LogP contribution >= 0.6 is 0 Å². The van der Waals surface area contributed by atoms with Crippen LogP contribution in [-0.2, 0) is 0 Å². The second-order valence-corrected chi connectivity index (χ2v) is 2.86. The average molecular weight is 175 g/mol. The van der Waals surface area contributed by atoms with E-state index in [0.29, 0.717) is 6.61 Å². The number of ether oxygens (including phenoxy) is 1. The average Bonchev–Trinajstić information content (AvgIpc) is 2.15. The zero-order valence-electron chi connectivity index (χ0n) is 7.79. The first-order valence-corrected chi connectivity index (χ1v) is 4.06. The van der Waals surface area contributed by atoms with Gasteiger partial charge in [-0.25, -0.2) is 0 Å². The first-order valence-electron chi connectivity index (χ1n) is 4.06. The minimum atomic E-state index is 0.473. The van der Waals surface area contributed by atoms with Crippen molar-refractivity contribution in [2.24, 2.45) is 0 Å². The van der Waals surface area contributed by atoms with E-state index in [2.05, 4.69) is 18.1 Å². The van der Waals surface area contributed by atoms with E-state index in [1.165, 1.54) is 0 Å². The van der Waals surface area contributed by atoms with Crippen molar-refractivity contribution < 1.29 is 4.74 Å². The van der Waals surface area contributed by atoms with E-state index in [1.54, 1.807) is 12.4 Å². The highest BCUT2D eigenvalue weighted by atomic mass is 16.5. The fourth-order valence-electron chi connectivity index (χ4n) is 0.726. The third kappa shape index (κ3) is 3.11. The number of aromatic nitrogens is 1. The van der Waals surface area contributed by atoms with Gasteiger partial charge in [0.05, 0.1) is 6.20 Å². The summed E-state index contributed by atoms with van der Waals surface area (Å²) in [7, 11) is 0. The molecular weight excluding hydrogens is 162 g/mol. The lowest BCUT2D eigenvalue weighted by atomic mass is 10.2. The normalized spacial score (nSPS) is 9.31. The third-order valence-electron chi connectivity index (χ3n) is 1.65. The summed E-state index contributed by atoms with van der Waals surface area (Å²) in [4.78, 5) is 3.93. The van der Waals surface area contributed by atoms with Crippen LogP contribution in [0.2, 0.25) is 0 Å². The lowest BCUT2D eigenvalue weighted by molar-refractivity contribution is 0.353. The van der Waals surface area contributed by atoms with Crippen LogP contribution < -0.4 is 4.74 Å². The van der Waals surface area contributed by atoms with Crippen LogP contribution in [0.3, 0.4) is 0 Å². The van der Waals surface area contributed by atoms with E-state index >= 15 is 0 Å². The van der Waals surface area contributed by atoms with Crippen LogP contribution in [0.25, 0.3) is 0 Å². The Morgan fingerprint density at radius 1 is 1.54 bits per heavy atom. The van der Waals surface area contributed by atoms with Gasteiger partial charge >= 0.3 is 0 Å². The van der Waals surface area contributed by atoms with Crippen LogP contribution in [0.1, 0.15) is 6.92 Å². The number of rotatable bonds is 4. The summed E-state index contributed by atoms with van der Waals surface area (Å²) in [5.74, 6) is 0.755. The monoisotopic (exact) mass is 175 g/mol. The Morgan fingerprint density at radius 2 is 2.31 bits per heavy atom. The van der Waals surface area contributed by atoms with Crippen LogP contribution in [0.4, 0.5) is 0 Å². The second-order valence-electron chi connectivity index (χ2n) is 2.86. The molecule has 0 aliphatic heterocycles. The first-order chi connectivity index (χ1) is 6.20. The van der Waals surface area contributed by atoms with Crippen molar-refractivity contribution in [1.29, 1.82) is 0 Å². The van der Waals surface area contributed by atoms with Crippen LogP contribution in [0.15, 0.2) is 48.8 Å². The van der Waals surface area contributed by atoms with Crippen LogP contribution in [0, 0.1) is 0 Å². The van der Waals surface area contributed by atoms with Gasteiger partial charge in [-0.05, 0) is 24.6 Å². The smallest absolute Gasteiger partial charge is 0.138 e. The quantitative estimate of drug-likeness (QED) is 0.656. The molecule has 0 N–H and O–H groups in total. The number of hydrogen-bond acceptors (Lipinski definition) is 2. The van der Waals surface area contributed by atoms with Gasteiger partial charge < -0.3 is 4.74 Å². The predicted octanol–water partition coefficient (Wildman–Crippen LogP) is 2.59. The highest BCUT2D eigenvalue weighted by Crippen LogP contribution is 2.10. The molecule has 1 aromatic heterocycles. The molecule has 2 nitrogen and oxygen atoms in total. The maximum atomic E-state index is 5.41. The van der Waals surface area contributed by atoms with Crippen molar-refractivity contribution in [3.63, 3.8) is 0 Å². The van der Waals surface area contributed by atoms with Gasteiger partial charge in [0.25, 0.3) is 0 Å². The van der Waals surface area contributed by atoms with E-state index in [9.17, 15) is 0 Å². The van der Waals surface area contributed by atoms with Crippen molar-refractivity contribution >= 4 is 0 Å². The summed E-state index contributed by atoms with van der Waals surface area (Å²) in [6.07, 6.45) is 3.38. The van der Waals surface area contributed by atoms with E-state index in [-0.39, 0.29) is 0 Å². The molecule has 0 spiro atoms. The minimum Gasteiger partial charge on any atom is -0.487 e. The predicted molar refractivity (Wildman–Crippen MR) is 53.7 cm³/mol. The molecule has 68 valence electrons. The molecule has 0 saturated carbocycles. The zero-order valence-corrected chi connectivity index (χ0v) is 7.79. The molecule has 0 fully saturated rings. The van der Waals surface area contributed by atoms with Crippen molar-refractivity contribution in [3.05, 3.63) is 48.8 Å². The van der Waals surface area contributed by atoms with Gasteiger partial charge in [0.1, 0.15) is 12.4 Å². The highest BCUT2D eigenvalue weighted by molar-refractivity contribution is 5.25. The lowest BCUT2D eigenvalue weighted by Gasteiger charge is -2.07. The van der Waals surface area contributed by atoms with Gasteiger partial charge in [-0.2, -0.15) is 0 Å². The summed E-state index contributed by atoms with van der Waals surface area (Å²) >= 11 is 0. The molecule has 1 aromatic rings. The van der Waals surface area contributed by atoms with Crippen molar-refractivity contribution in [1.82, 2.24) is 4.98 Å². The summed E-state index contributed by atoms with van der Waals surface area (Å²) in [6, 6.07) is 3.69. The van der Waals surface area contributed by atoms with Crippen LogP contribution in [-0.4, -0.2) is 11.6 Å². The molecule has 1 heterocycles. The number of nitrogens with zero attached hydrogens (tertiary/aromatic N) is 1. The molecule has 0 amide bonds. The zero-order chi connectivity index (χ0) is 9.68. The Balaban J connectivity index is 2.44. The Bertz CT molecular complexity index is 303. The van der Waals surface area contributed by atoms with Gasteiger partial charge in [0.15, 0.2) is 0 Å². The molecule has 0 aliphatic rings. The lowest BCUT2D eigenvalue weighted by Crippen LogP contribution is -2.00. The van der Waals surface area contributed by atoms with Gasteiger partial charge in [-0.1, -0.05) is 18.7 Å². The number of hydrogen-bond donors (Lipinski definition) is 0. The molecule has 0 atom stereocenters. The maximum Gasteiger partial charge on any atom is 0.138 e. The Hall–Kier alpha value is -1.57. The molecule has 0 radical (unpaired) electrons. The highest BCUT2D eigenvalue weighted by Gasteiger charge is 1.96. The number of pyridine rings is 1. The van der Waals surface area contributed by atoms with E-state index in [4.69, 9.17) is 4.74 Å². The molecule has 13 heavy (non-hydrogen) atoms. The molecule has 1 rings (SSSR count). The Kier molecular flexibility index (Phi) is 3.26. The van der Waals surface area contributed by atoms with Gasteiger partial charge in [-0.3, -0.25) is 4.98 Å². The van der Waals surface area contributed by atoms with Gasteiger partial charge in [0.2, 0.25) is 0 Å². The molecule has 0 bridgehead atoms. The largest absolute Gasteiger partial charge is 0.487 e. The van der Waals surface area contributed by atoms with Crippen molar-refractivity contribution in [2.75, 3.05) is 6.61 Å². The minimum absolute atomic E-state index is 0.473. The van der Waals surface area contributed by atoms with Gasteiger partial charge in [-0.15, -0.1) is 0 Å². The second kappa shape index (κ2) is 4.45. The fraction of sp³-hybridized carbons (Fsp3) is 0.182. The van der Waals surface area contributed by atoms with E-state index in [0.717, 1.165) is 16.9 Å².